The fourth-order valence-corrected chi connectivity index (χ4v) is 3.32. The maximum atomic E-state index is 11.3. The molecule has 2 aromatic heterocycles. The first kappa shape index (κ1) is 15.7. The largest absolute Gasteiger partial charge is 0.478 e. The molecule has 0 amide bonds. The van der Waals surface area contributed by atoms with Crippen LogP contribution >= 0.6 is 15.9 Å². The van der Waals surface area contributed by atoms with Gasteiger partial charge in [-0.2, -0.15) is 0 Å². The molecule has 0 spiro atoms. The molecule has 4 rings (SSSR count). The molecule has 0 aliphatic heterocycles. The van der Waals surface area contributed by atoms with Gasteiger partial charge in [0, 0.05) is 21.7 Å². The van der Waals surface area contributed by atoms with Crippen LogP contribution in [0.25, 0.3) is 27.9 Å². The van der Waals surface area contributed by atoms with E-state index in [1.807, 2.05) is 47.0 Å². The number of hydrogen-bond acceptors (Lipinski definition) is 1. The van der Waals surface area contributed by atoms with Crippen LogP contribution in [0.3, 0.4) is 0 Å². The summed E-state index contributed by atoms with van der Waals surface area (Å²) in [4.78, 5) is 11.3. The third kappa shape index (κ3) is 2.85. The Labute approximate surface area is 153 Å². The quantitative estimate of drug-likeness (QED) is 0.484. The minimum atomic E-state index is -0.921. The zero-order valence-corrected chi connectivity index (χ0v) is 14.8. The van der Waals surface area contributed by atoms with E-state index in [0.717, 1.165) is 32.4 Å². The van der Waals surface area contributed by atoms with E-state index in [1.165, 1.54) is 0 Å². The van der Waals surface area contributed by atoms with Crippen LogP contribution in [0.1, 0.15) is 10.4 Å². The molecule has 0 radical (unpaired) electrons. The number of fused-ring (bicyclic) bond motifs is 1. The molecule has 1 N–H and O–H groups in total. The van der Waals surface area contributed by atoms with E-state index >= 15 is 0 Å². The van der Waals surface area contributed by atoms with Crippen molar-refractivity contribution in [3.8, 4) is 22.4 Å². The van der Waals surface area contributed by atoms with Crippen LogP contribution in [-0.4, -0.2) is 15.5 Å². The molecule has 4 aromatic rings. The number of rotatable bonds is 3. The Hall–Kier alpha value is -2.85. The van der Waals surface area contributed by atoms with E-state index in [9.17, 15) is 9.90 Å². The molecule has 25 heavy (non-hydrogen) atoms. The summed E-state index contributed by atoms with van der Waals surface area (Å²) in [5.74, 6) is -0.921. The SMILES string of the molecule is O=C(O)c1ccn2c(-c3ccccc3)c(-c3ccc(Br)cc3)cc2c1. The Morgan fingerprint density at radius 1 is 0.880 bits per heavy atom. The first-order valence-corrected chi connectivity index (χ1v) is 8.62. The van der Waals surface area contributed by atoms with E-state index in [0.29, 0.717) is 0 Å². The van der Waals surface area contributed by atoms with Gasteiger partial charge in [-0.25, -0.2) is 4.79 Å². The molecule has 0 fully saturated rings. The van der Waals surface area contributed by atoms with Crippen molar-refractivity contribution in [3.05, 3.63) is 89.0 Å². The van der Waals surface area contributed by atoms with Crippen molar-refractivity contribution in [2.24, 2.45) is 0 Å². The summed E-state index contributed by atoms with van der Waals surface area (Å²) in [7, 11) is 0. The van der Waals surface area contributed by atoms with Crippen molar-refractivity contribution in [1.82, 2.24) is 4.40 Å². The van der Waals surface area contributed by atoms with Crippen LogP contribution in [0.2, 0.25) is 0 Å². The zero-order chi connectivity index (χ0) is 17.4. The highest BCUT2D eigenvalue weighted by atomic mass is 79.9. The van der Waals surface area contributed by atoms with Gasteiger partial charge in [-0.15, -0.1) is 0 Å². The molecule has 0 unspecified atom stereocenters. The lowest BCUT2D eigenvalue weighted by Gasteiger charge is -2.08. The van der Waals surface area contributed by atoms with Gasteiger partial charge in [0.05, 0.1) is 11.3 Å². The lowest BCUT2D eigenvalue weighted by Crippen LogP contribution is -1.97. The van der Waals surface area contributed by atoms with Crippen LogP contribution in [0.5, 0.6) is 0 Å². The Bertz CT molecular complexity index is 1070. The Balaban J connectivity index is 2.03. The van der Waals surface area contributed by atoms with Crippen molar-refractivity contribution >= 4 is 27.4 Å². The van der Waals surface area contributed by atoms with Gasteiger partial charge in [-0.1, -0.05) is 58.4 Å². The number of carbonyl (C=O) groups is 1. The van der Waals surface area contributed by atoms with Crippen LogP contribution in [0.4, 0.5) is 0 Å². The van der Waals surface area contributed by atoms with Crippen molar-refractivity contribution in [3.63, 3.8) is 0 Å². The number of hydrogen-bond donors (Lipinski definition) is 1. The van der Waals surface area contributed by atoms with Gasteiger partial charge in [0.15, 0.2) is 0 Å². The van der Waals surface area contributed by atoms with Crippen LogP contribution in [0, 0.1) is 0 Å². The van der Waals surface area contributed by atoms with Crippen LogP contribution in [0.15, 0.2) is 83.5 Å². The van der Waals surface area contributed by atoms with Gasteiger partial charge in [0.2, 0.25) is 0 Å². The van der Waals surface area contributed by atoms with Crippen LogP contribution in [-0.2, 0) is 0 Å². The average Bonchev–Trinajstić information content (AvgIpc) is 3.01. The second-order valence-corrected chi connectivity index (χ2v) is 6.71. The molecule has 0 aliphatic rings. The lowest BCUT2D eigenvalue weighted by atomic mass is 10.0. The standard InChI is InChI=1S/C21H14BrNO2/c22-17-8-6-14(7-9-17)19-13-18-12-16(21(24)25)10-11-23(18)20(19)15-4-2-1-3-5-15/h1-13H,(H,24,25). The van der Waals surface area contributed by atoms with Crippen molar-refractivity contribution in [2.45, 2.75) is 0 Å². The highest BCUT2D eigenvalue weighted by Crippen LogP contribution is 2.36. The number of aromatic nitrogens is 1. The summed E-state index contributed by atoms with van der Waals surface area (Å²) in [5.41, 5.74) is 5.44. The van der Waals surface area contributed by atoms with Crippen molar-refractivity contribution in [2.75, 3.05) is 0 Å². The fraction of sp³-hybridized carbons (Fsp3) is 0. The summed E-state index contributed by atoms with van der Waals surface area (Å²) in [6.07, 6.45) is 1.82. The monoisotopic (exact) mass is 391 g/mol. The van der Waals surface area contributed by atoms with E-state index in [2.05, 4.69) is 40.2 Å². The number of carboxylic acids is 1. The maximum Gasteiger partial charge on any atom is 0.335 e. The number of benzene rings is 2. The van der Waals surface area contributed by atoms with Crippen molar-refractivity contribution < 1.29 is 9.90 Å². The summed E-state index contributed by atoms with van der Waals surface area (Å²) in [6, 6.07) is 23.6. The molecule has 4 heteroatoms. The lowest BCUT2D eigenvalue weighted by molar-refractivity contribution is 0.0697. The average molecular weight is 392 g/mol. The zero-order valence-electron chi connectivity index (χ0n) is 13.2. The minimum Gasteiger partial charge on any atom is -0.478 e. The predicted molar refractivity (Wildman–Crippen MR) is 103 cm³/mol. The molecule has 0 atom stereocenters. The summed E-state index contributed by atoms with van der Waals surface area (Å²) < 4.78 is 3.06. The predicted octanol–water partition coefficient (Wildman–Crippen LogP) is 5.73. The van der Waals surface area contributed by atoms with Crippen LogP contribution < -0.4 is 0 Å². The molecule has 2 heterocycles. The third-order valence-corrected chi connectivity index (χ3v) is 4.75. The second-order valence-electron chi connectivity index (χ2n) is 5.79. The summed E-state index contributed by atoms with van der Waals surface area (Å²) >= 11 is 3.47. The highest BCUT2D eigenvalue weighted by molar-refractivity contribution is 9.10. The van der Waals surface area contributed by atoms with Gasteiger partial charge in [0.1, 0.15) is 0 Å². The second kappa shape index (κ2) is 6.22. The molecule has 0 aliphatic carbocycles. The van der Waals surface area contributed by atoms with Gasteiger partial charge in [0.25, 0.3) is 0 Å². The first-order chi connectivity index (χ1) is 12.1. The normalized spacial score (nSPS) is 10.9. The van der Waals surface area contributed by atoms with E-state index in [-0.39, 0.29) is 5.56 Å². The van der Waals surface area contributed by atoms with E-state index in [4.69, 9.17) is 0 Å². The Kier molecular flexibility index (Phi) is 3.90. The van der Waals surface area contributed by atoms with E-state index < -0.39 is 5.97 Å². The number of halogens is 1. The minimum absolute atomic E-state index is 0.284. The summed E-state index contributed by atoms with van der Waals surface area (Å²) in [6.45, 7) is 0. The molecule has 3 nitrogen and oxygen atoms in total. The number of pyridine rings is 1. The van der Waals surface area contributed by atoms with Gasteiger partial charge in [-0.3, -0.25) is 0 Å². The number of aromatic carboxylic acids is 1. The topological polar surface area (TPSA) is 41.7 Å². The molecule has 122 valence electrons. The van der Waals surface area contributed by atoms with E-state index in [1.54, 1.807) is 12.1 Å². The smallest absolute Gasteiger partial charge is 0.335 e. The molecule has 0 saturated heterocycles. The number of carboxylic acid groups (broad SMARTS) is 1. The molecule has 2 aromatic carbocycles. The highest BCUT2D eigenvalue weighted by Gasteiger charge is 2.15. The maximum absolute atomic E-state index is 11.3. The Morgan fingerprint density at radius 3 is 2.28 bits per heavy atom. The number of nitrogens with zero attached hydrogens (tertiary/aromatic N) is 1. The molecule has 0 bridgehead atoms. The molecule has 0 saturated carbocycles. The van der Waals surface area contributed by atoms with Gasteiger partial charge < -0.3 is 9.51 Å². The first-order valence-electron chi connectivity index (χ1n) is 7.83. The van der Waals surface area contributed by atoms with Gasteiger partial charge >= 0.3 is 5.97 Å². The molecular formula is C21H14BrNO2. The molecular weight excluding hydrogens is 378 g/mol. The fourth-order valence-electron chi connectivity index (χ4n) is 3.05. The summed E-state index contributed by atoms with van der Waals surface area (Å²) in [5, 5.41) is 9.27. The van der Waals surface area contributed by atoms with Crippen molar-refractivity contribution in [1.29, 1.82) is 0 Å². The Morgan fingerprint density at radius 2 is 1.60 bits per heavy atom. The van der Waals surface area contributed by atoms with Gasteiger partial charge in [-0.05, 0) is 41.5 Å². The third-order valence-electron chi connectivity index (χ3n) is 4.22.